The Bertz CT molecular complexity index is 327. The highest BCUT2D eigenvalue weighted by Gasteiger charge is 2.31. The first kappa shape index (κ1) is 10.9. The third-order valence-corrected chi connectivity index (χ3v) is 2.21. The first-order valence-corrected chi connectivity index (χ1v) is 4.24. The zero-order valence-electron chi connectivity index (χ0n) is 8.14. The molecule has 0 amide bonds. The fourth-order valence-electron chi connectivity index (χ4n) is 1.28. The molecule has 0 atom stereocenters. The van der Waals surface area contributed by atoms with E-state index in [1.165, 1.54) is 12.1 Å². The molecule has 0 spiro atoms. The second-order valence-electron chi connectivity index (χ2n) is 3.39. The lowest BCUT2D eigenvalue weighted by Gasteiger charge is -2.16. The molecule has 0 heterocycles. The fraction of sp³-hybridized carbons (Fsp3) is 0.400. The maximum absolute atomic E-state index is 13.1. The Balaban J connectivity index is 3.26. The summed E-state index contributed by atoms with van der Waals surface area (Å²) in [5.74, 6) is -3.19. The van der Waals surface area contributed by atoms with Crippen molar-refractivity contribution in [3.8, 4) is 0 Å². The second kappa shape index (κ2) is 3.53. The average Bonchev–Trinajstić information content (AvgIpc) is 2.13. The topological polar surface area (TPSA) is 46.2 Å². The van der Waals surface area contributed by atoms with E-state index in [1.807, 2.05) is 0 Å². The van der Waals surface area contributed by atoms with Crippen LogP contribution in [0, 0.1) is 13.8 Å². The van der Waals surface area contributed by atoms with Gasteiger partial charge in [0.1, 0.15) is 6.61 Å². The van der Waals surface area contributed by atoms with Gasteiger partial charge < -0.3 is 10.8 Å². The number of hydrogen-bond acceptors (Lipinski definition) is 2. The smallest absolute Gasteiger partial charge is 0.295 e. The number of aliphatic hydroxyl groups excluding tert-OH is 1. The highest BCUT2D eigenvalue weighted by Crippen LogP contribution is 2.31. The van der Waals surface area contributed by atoms with Crippen LogP contribution in [-0.4, -0.2) is 11.7 Å². The molecule has 4 heteroatoms. The Morgan fingerprint density at radius 3 is 2.07 bits per heavy atom. The van der Waals surface area contributed by atoms with E-state index >= 15 is 0 Å². The summed E-state index contributed by atoms with van der Waals surface area (Å²) in [7, 11) is 0. The summed E-state index contributed by atoms with van der Waals surface area (Å²) in [6.45, 7) is 2.15. The van der Waals surface area contributed by atoms with E-state index in [9.17, 15) is 8.78 Å². The molecule has 3 N–H and O–H groups in total. The molecule has 78 valence electrons. The van der Waals surface area contributed by atoms with Gasteiger partial charge in [-0.05, 0) is 37.1 Å². The zero-order chi connectivity index (χ0) is 10.9. The molecule has 0 aliphatic heterocycles. The third-order valence-electron chi connectivity index (χ3n) is 2.21. The lowest BCUT2D eigenvalue weighted by molar-refractivity contribution is -0.0556. The number of anilines is 1. The minimum absolute atomic E-state index is 0.191. The van der Waals surface area contributed by atoms with Crippen LogP contribution in [-0.2, 0) is 5.92 Å². The number of alkyl halides is 2. The van der Waals surface area contributed by atoms with Crippen LogP contribution in [0.2, 0.25) is 0 Å². The molecule has 0 saturated heterocycles. The summed E-state index contributed by atoms with van der Waals surface area (Å²) < 4.78 is 26.2. The van der Waals surface area contributed by atoms with Crippen LogP contribution >= 0.6 is 0 Å². The maximum atomic E-state index is 13.1. The summed E-state index contributed by atoms with van der Waals surface area (Å²) in [4.78, 5) is 0. The molecule has 0 saturated carbocycles. The Morgan fingerprint density at radius 2 is 1.71 bits per heavy atom. The van der Waals surface area contributed by atoms with Crippen molar-refractivity contribution in [2.24, 2.45) is 0 Å². The predicted octanol–water partition coefficient (Wildman–Crippen LogP) is 1.97. The molecule has 0 aliphatic carbocycles. The van der Waals surface area contributed by atoms with Gasteiger partial charge in [-0.1, -0.05) is 0 Å². The van der Waals surface area contributed by atoms with Gasteiger partial charge in [-0.25, -0.2) is 0 Å². The molecule has 2 nitrogen and oxygen atoms in total. The van der Waals surface area contributed by atoms with Gasteiger partial charge in [-0.2, -0.15) is 8.78 Å². The Labute approximate surface area is 81.4 Å². The van der Waals surface area contributed by atoms with Gasteiger partial charge in [0, 0.05) is 11.3 Å². The highest BCUT2D eigenvalue weighted by molar-refractivity contribution is 5.55. The molecule has 1 rings (SSSR count). The van der Waals surface area contributed by atoms with Crippen LogP contribution in [0.4, 0.5) is 14.5 Å². The summed E-state index contributed by atoms with van der Waals surface area (Å²) in [6, 6.07) is 2.61. The first-order valence-electron chi connectivity index (χ1n) is 4.24. The molecular weight excluding hydrogens is 188 g/mol. The normalized spacial score (nSPS) is 11.8. The molecule has 0 radical (unpaired) electrons. The van der Waals surface area contributed by atoms with Gasteiger partial charge in [0.15, 0.2) is 0 Å². The standard InChI is InChI=1S/C10H13F2NO/c1-6-3-8(10(11,12)5-14)4-7(2)9(6)13/h3-4,14H,5,13H2,1-2H3. The average molecular weight is 201 g/mol. The molecule has 0 bridgehead atoms. The highest BCUT2D eigenvalue weighted by atomic mass is 19.3. The minimum Gasteiger partial charge on any atom is -0.398 e. The van der Waals surface area contributed by atoms with E-state index in [1.54, 1.807) is 13.8 Å². The van der Waals surface area contributed by atoms with Crippen molar-refractivity contribution < 1.29 is 13.9 Å². The maximum Gasteiger partial charge on any atom is 0.295 e. The van der Waals surface area contributed by atoms with Crippen LogP contribution in [0.25, 0.3) is 0 Å². The summed E-state index contributed by atoms with van der Waals surface area (Å²) in [5, 5.41) is 8.52. The molecule has 1 aromatic carbocycles. The molecule has 14 heavy (non-hydrogen) atoms. The Hall–Kier alpha value is -1.16. The molecule has 0 unspecified atom stereocenters. The van der Waals surface area contributed by atoms with Crippen LogP contribution in [0.3, 0.4) is 0 Å². The minimum atomic E-state index is -3.19. The number of nitrogens with two attached hydrogens (primary N) is 1. The lowest BCUT2D eigenvalue weighted by atomic mass is 10.0. The fourth-order valence-corrected chi connectivity index (χ4v) is 1.28. The number of nitrogen functional groups attached to an aromatic ring is 1. The van der Waals surface area contributed by atoms with Gasteiger partial charge in [0.05, 0.1) is 0 Å². The van der Waals surface area contributed by atoms with Crippen LogP contribution in [0.1, 0.15) is 16.7 Å². The van der Waals surface area contributed by atoms with Crippen LogP contribution < -0.4 is 5.73 Å². The van der Waals surface area contributed by atoms with Crippen molar-refractivity contribution in [3.05, 3.63) is 28.8 Å². The monoisotopic (exact) mass is 201 g/mol. The van der Waals surface area contributed by atoms with Gasteiger partial charge in [0.2, 0.25) is 0 Å². The largest absolute Gasteiger partial charge is 0.398 e. The van der Waals surface area contributed by atoms with E-state index in [-0.39, 0.29) is 5.56 Å². The lowest BCUT2D eigenvalue weighted by Crippen LogP contribution is -2.19. The number of aliphatic hydroxyl groups is 1. The van der Waals surface area contributed by atoms with Gasteiger partial charge in [-0.3, -0.25) is 0 Å². The number of benzene rings is 1. The second-order valence-corrected chi connectivity index (χ2v) is 3.39. The summed E-state index contributed by atoms with van der Waals surface area (Å²) in [5.41, 5.74) is 7.16. The van der Waals surface area contributed by atoms with Gasteiger partial charge >= 0.3 is 0 Å². The number of hydrogen-bond donors (Lipinski definition) is 2. The van der Waals surface area contributed by atoms with Crippen molar-refractivity contribution in [3.63, 3.8) is 0 Å². The molecule has 0 aromatic heterocycles. The van der Waals surface area contributed by atoms with Gasteiger partial charge in [0.25, 0.3) is 5.92 Å². The van der Waals surface area contributed by atoms with Crippen molar-refractivity contribution in [1.82, 2.24) is 0 Å². The van der Waals surface area contributed by atoms with Crippen molar-refractivity contribution in [1.29, 1.82) is 0 Å². The zero-order valence-corrected chi connectivity index (χ0v) is 8.14. The quantitative estimate of drug-likeness (QED) is 0.718. The number of halogens is 2. The van der Waals surface area contributed by atoms with Crippen molar-refractivity contribution in [2.75, 3.05) is 12.3 Å². The van der Waals surface area contributed by atoms with Crippen molar-refractivity contribution >= 4 is 5.69 Å². The molecule has 0 fully saturated rings. The third kappa shape index (κ3) is 1.85. The number of aryl methyl sites for hydroxylation is 2. The van der Waals surface area contributed by atoms with E-state index in [0.717, 1.165) is 0 Å². The Kier molecular flexibility index (Phi) is 2.76. The SMILES string of the molecule is Cc1cc(C(F)(F)CO)cc(C)c1N. The van der Waals surface area contributed by atoms with Crippen LogP contribution in [0.5, 0.6) is 0 Å². The first-order chi connectivity index (χ1) is 6.38. The van der Waals surface area contributed by atoms with E-state index in [0.29, 0.717) is 16.8 Å². The molecule has 0 aliphatic rings. The molecule has 1 aromatic rings. The number of rotatable bonds is 2. The summed E-state index contributed by atoms with van der Waals surface area (Å²) >= 11 is 0. The van der Waals surface area contributed by atoms with Gasteiger partial charge in [-0.15, -0.1) is 0 Å². The Morgan fingerprint density at radius 1 is 1.29 bits per heavy atom. The van der Waals surface area contributed by atoms with E-state index in [4.69, 9.17) is 10.8 Å². The van der Waals surface area contributed by atoms with E-state index in [2.05, 4.69) is 0 Å². The van der Waals surface area contributed by atoms with E-state index < -0.39 is 12.5 Å². The summed E-state index contributed by atoms with van der Waals surface area (Å²) in [6.07, 6.45) is 0. The predicted molar refractivity (Wildman–Crippen MR) is 51.3 cm³/mol. The molecular formula is C10H13F2NO. The van der Waals surface area contributed by atoms with Crippen LogP contribution in [0.15, 0.2) is 12.1 Å². The van der Waals surface area contributed by atoms with Crippen molar-refractivity contribution in [2.45, 2.75) is 19.8 Å².